The summed E-state index contributed by atoms with van der Waals surface area (Å²) in [7, 11) is 0. The third-order valence-corrected chi connectivity index (χ3v) is 7.71. The Balaban J connectivity index is 2.58. The highest BCUT2D eigenvalue weighted by atomic mass is 32.2. The molecule has 0 aromatic carbocycles. The van der Waals surface area contributed by atoms with Gasteiger partial charge in [0.15, 0.2) is 0 Å². The molecule has 0 unspecified atom stereocenters. The molecule has 0 aliphatic carbocycles. The van der Waals surface area contributed by atoms with Crippen molar-refractivity contribution in [2.24, 2.45) is 21.7 Å². The summed E-state index contributed by atoms with van der Waals surface area (Å²) in [5.41, 5.74) is 1.80. The predicted octanol–water partition coefficient (Wildman–Crippen LogP) is 5.85. The van der Waals surface area contributed by atoms with E-state index in [0.29, 0.717) is 21.7 Å². The van der Waals surface area contributed by atoms with E-state index in [9.17, 15) is 0 Å². The highest BCUT2D eigenvalue weighted by Gasteiger charge is 2.48. The SMILES string of the molecule is CC(C)(C)C(C)(C)CSB1CC(C)(C)C(C)(C)C1. The summed E-state index contributed by atoms with van der Waals surface area (Å²) >= 11 is 2.22. The molecule has 18 heavy (non-hydrogen) atoms. The lowest BCUT2D eigenvalue weighted by Crippen LogP contribution is -2.32. The number of hydrogen-bond donors (Lipinski definition) is 0. The van der Waals surface area contributed by atoms with Crippen LogP contribution >= 0.6 is 11.6 Å². The topological polar surface area (TPSA) is 0 Å². The zero-order chi connectivity index (χ0) is 14.4. The molecule has 1 rings (SSSR count). The molecule has 1 saturated heterocycles. The van der Waals surface area contributed by atoms with Gasteiger partial charge in [0.05, 0.1) is 0 Å². The van der Waals surface area contributed by atoms with Crippen LogP contribution in [0.3, 0.4) is 0 Å². The van der Waals surface area contributed by atoms with E-state index in [2.05, 4.69) is 73.9 Å². The monoisotopic (exact) mass is 268 g/mol. The molecular weight excluding hydrogens is 235 g/mol. The van der Waals surface area contributed by atoms with Crippen LogP contribution in [0, 0.1) is 21.7 Å². The lowest BCUT2D eigenvalue weighted by atomic mass is 9.70. The van der Waals surface area contributed by atoms with Gasteiger partial charge in [-0.1, -0.05) is 75.0 Å². The van der Waals surface area contributed by atoms with Gasteiger partial charge in [-0.3, -0.25) is 0 Å². The summed E-state index contributed by atoms with van der Waals surface area (Å²) in [6.07, 6.45) is 2.76. The summed E-state index contributed by atoms with van der Waals surface area (Å²) in [6.45, 7) is 21.7. The van der Waals surface area contributed by atoms with Gasteiger partial charge < -0.3 is 0 Å². The number of hydrogen-bond acceptors (Lipinski definition) is 1. The maximum Gasteiger partial charge on any atom is 0.210 e. The molecule has 0 spiro atoms. The van der Waals surface area contributed by atoms with Crippen LogP contribution in [-0.2, 0) is 0 Å². The third-order valence-electron chi connectivity index (χ3n) is 6.02. The average Bonchev–Trinajstić information content (AvgIpc) is 2.30. The lowest BCUT2D eigenvalue weighted by Gasteiger charge is -2.39. The molecule has 0 nitrogen and oxygen atoms in total. The lowest BCUT2D eigenvalue weighted by molar-refractivity contribution is 0.163. The van der Waals surface area contributed by atoms with E-state index in [0.717, 1.165) is 5.99 Å². The van der Waals surface area contributed by atoms with Crippen LogP contribution < -0.4 is 0 Å². The van der Waals surface area contributed by atoms with Crippen LogP contribution in [0.4, 0.5) is 0 Å². The minimum Gasteiger partial charge on any atom is -0.209 e. The zero-order valence-electron chi connectivity index (χ0n) is 14.1. The molecule has 0 amide bonds. The van der Waals surface area contributed by atoms with Crippen LogP contribution in [0.2, 0.25) is 12.6 Å². The van der Waals surface area contributed by atoms with Crippen molar-refractivity contribution in [1.29, 1.82) is 0 Å². The first-order chi connectivity index (χ1) is 7.79. The largest absolute Gasteiger partial charge is 0.210 e. The van der Waals surface area contributed by atoms with Crippen molar-refractivity contribution >= 4 is 17.6 Å². The first kappa shape index (κ1) is 16.5. The molecule has 0 saturated carbocycles. The van der Waals surface area contributed by atoms with E-state index in [1.165, 1.54) is 18.4 Å². The van der Waals surface area contributed by atoms with E-state index >= 15 is 0 Å². The Labute approximate surface area is 120 Å². The van der Waals surface area contributed by atoms with E-state index in [1.54, 1.807) is 0 Å². The van der Waals surface area contributed by atoms with Crippen molar-refractivity contribution in [2.45, 2.75) is 75.0 Å². The summed E-state index contributed by atoms with van der Waals surface area (Å²) in [6, 6.07) is 0. The Hall–Kier alpha value is 0.415. The second kappa shape index (κ2) is 4.75. The normalized spacial score (nSPS) is 23.5. The fourth-order valence-electron chi connectivity index (χ4n) is 2.42. The van der Waals surface area contributed by atoms with Crippen LogP contribution in [0.25, 0.3) is 0 Å². The highest BCUT2D eigenvalue weighted by molar-refractivity contribution is 8.25. The fraction of sp³-hybridized carbons (Fsp3) is 1.00. The summed E-state index contributed by atoms with van der Waals surface area (Å²) in [5.74, 6) is 2.14. The number of rotatable bonds is 3. The van der Waals surface area contributed by atoms with Gasteiger partial charge >= 0.3 is 0 Å². The Morgan fingerprint density at radius 2 is 1.28 bits per heavy atom. The van der Waals surface area contributed by atoms with Crippen LogP contribution in [-0.4, -0.2) is 11.7 Å². The highest BCUT2D eigenvalue weighted by Crippen LogP contribution is 2.55. The van der Waals surface area contributed by atoms with Crippen LogP contribution in [0.15, 0.2) is 0 Å². The zero-order valence-corrected chi connectivity index (χ0v) is 14.9. The van der Waals surface area contributed by atoms with Crippen molar-refractivity contribution in [3.8, 4) is 0 Å². The molecule has 0 atom stereocenters. The molecule has 0 aromatic rings. The van der Waals surface area contributed by atoms with Gasteiger partial charge in [0, 0.05) is 0 Å². The van der Waals surface area contributed by atoms with E-state index < -0.39 is 0 Å². The molecule has 0 radical (unpaired) electrons. The minimum atomic E-state index is 0.392. The molecule has 0 N–H and O–H groups in total. The third kappa shape index (κ3) is 3.29. The second-order valence-corrected chi connectivity index (χ2v) is 10.5. The molecule has 2 heteroatoms. The Morgan fingerprint density at radius 1 is 0.889 bits per heavy atom. The van der Waals surface area contributed by atoms with Gasteiger partial charge in [-0.15, -0.1) is 0 Å². The van der Waals surface area contributed by atoms with Crippen molar-refractivity contribution in [2.75, 3.05) is 5.75 Å². The van der Waals surface area contributed by atoms with Crippen molar-refractivity contribution < 1.29 is 0 Å². The van der Waals surface area contributed by atoms with E-state index in [4.69, 9.17) is 0 Å². The molecule has 0 bridgehead atoms. The van der Waals surface area contributed by atoms with Crippen molar-refractivity contribution in [1.82, 2.24) is 0 Å². The van der Waals surface area contributed by atoms with Gasteiger partial charge in [0.2, 0.25) is 5.99 Å². The molecular formula is C16H33BS. The standard InChI is InChI=1S/C16H33BS/c1-13(2,3)16(8,9)12-18-17-10-14(4,5)15(6,7)11-17/h10-12H2,1-9H3. The minimum absolute atomic E-state index is 0.392. The quantitative estimate of drug-likeness (QED) is 0.578. The molecule has 1 heterocycles. The Kier molecular flexibility index (Phi) is 4.35. The first-order valence-electron chi connectivity index (χ1n) is 7.40. The smallest absolute Gasteiger partial charge is 0.209 e. The maximum absolute atomic E-state index is 2.45. The van der Waals surface area contributed by atoms with Gasteiger partial charge in [-0.25, -0.2) is 11.6 Å². The van der Waals surface area contributed by atoms with E-state index in [1.807, 2.05) is 0 Å². The molecule has 106 valence electrons. The van der Waals surface area contributed by atoms with Gasteiger partial charge in [0.25, 0.3) is 0 Å². The molecule has 0 aromatic heterocycles. The summed E-state index contributed by atoms with van der Waals surface area (Å²) < 4.78 is 0. The summed E-state index contributed by atoms with van der Waals surface area (Å²) in [4.78, 5) is 0. The first-order valence-corrected chi connectivity index (χ1v) is 8.45. The fourth-order valence-corrected chi connectivity index (χ4v) is 4.58. The Bertz CT molecular complexity index is 281. The van der Waals surface area contributed by atoms with Crippen molar-refractivity contribution in [3.05, 3.63) is 0 Å². The van der Waals surface area contributed by atoms with Gasteiger partial charge in [-0.05, 0) is 27.4 Å². The van der Waals surface area contributed by atoms with Gasteiger partial charge in [-0.2, -0.15) is 0 Å². The molecule has 1 fully saturated rings. The second-order valence-electron chi connectivity index (χ2n) is 9.24. The van der Waals surface area contributed by atoms with Gasteiger partial charge in [0.1, 0.15) is 0 Å². The van der Waals surface area contributed by atoms with Crippen molar-refractivity contribution in [3.63, 3.8) is 0 Å². The Morgan fingerprint density at radius 3 is 1.61 bits per heavy atom. The average molecular weight is 268 g/mol. The molecule has 1 aliphatic rings. The summed E-state index contributed by atoms with van der Waals surface area (Å²) in [5, 5.41) is 0. The predicted molar refractivity (Wildman–Crippen MR) is 88.6 cm³/mol. The maximum atomic E-state index is 2.45. The molecule has 1 aliphatic heterocycles. The van der Waals surface area contributed by atoms with E-state index in [-0.39, 0.29) is 0 Å². The van der Waals surface area contributed by atoms with Crippen LogP contribution in [0.1, 0.15) is 62.3 Å². The van der Waals surface area contributed by atoms with Crippen LogP contribution in [0.5, 0.6) is 0 Å².